The molecule has 0 heterocycles. The van der Waals surface area contributed by atoms with Crippen molar-refractivity contribution >= 4 is 11.6 Å². The molecule has 1 aromatic rings. The molecule has 1 N–H and O–H groups in total. The number of hydrogen-bond acceptors (Lipinski definition) is 2. The molecule has 0 aromatic heterocycles. The first kappa shape index (κ1) is 16.5. The van der Waals surface area contributed by atoms with E-state index in [0.29, 0.717) is 5.92 Å². The molecule has 2 unspecified atom stereocenters. The quantitative estimate of drug-likeness (QED) is 0.803. The van der Waals surface area contributed by atoms with Crippen molar-refractivity contribution in [2.45, 2.75) is 46.8 Å². The third-order valence-electron chi connectivity index (χ3n) is 3.32. The Morgan fingerprint density at radius 2 is 1.95 bits per heavy atom. The maximum atomic E-state index is 6.25. The van der Waals surface area contributed by atoms with Crippen LogP contribution in [0.1, 0.15) is 44.9 Å². The van der Waals surface area contributed by atoms with Gasteiger partial charge in [-0.1, -0.05) is 44.5 Å². The summed E-state index contributed by atoms with van der Waals surface area (Å²) in [7, 11) is 0. The SMILES string of the molecule is CCNC(c1ccc(C)c(Cl)c1)C(OCC)C(C)C. The van der Waals surface area contributed by atoms with Gasteiger partial charge in [-0.25, -0.2) is 0 Å². The van der Waals surface area contributed by atoms with Crippen molar-refractivity contribution in [1.82, 2.24) is 5.32 Å². The average Bonchev–Trinajstić information content (AvgIpc) is 2.37. The molecule has 0 amide bonds. The standard InChI is InChI=1S/C16H26ClNO/c1-6-18-15(16(11(3)4)19-7-2)13-9-8-12(5)14(17)10-13/h8-11,15-16,18H,6-7H2,1-5H3. The Balaban J connectivity index is 3.06. The zero-order valence-corrected chi connectivity index (χ0v) is 13.4. The predicted octanol–water partition coefficient (Wildman–Crippen LogP) is 4.36. The fourth-order valence-corrected chi connectivity index (χ4v) is 2.50. The zero-order valence-electron chi connectivity index (χ0n) is 12.7. The highest BCUT2D eigenvalue weighted by atomic mass is 35.5. The highest BCUT2D eigenvalue weighted by Gasteiger charge is 2.26. The van der Waals surface area contributed by atoms with Crippen LogP contribution < -0.4 is 5.32 Å². The Kier molecular flexibility index (Phi) is 6.84. The first-order chi connectivity index (χ1) is 9.01. The van der Waals surface area contributed by atoms with Crippen LogP contribution in [0.4, 0.5) is 0 Å². The van der Waals surface area contributed by atoms with Gasteiger partial charge in [0.15, 0.2) is 0 Å². The normalized spacial score (nSPS) is 14.7. The van der Waals surface area contributed by atoms with Crippen molar-refractivity contribution in [3.63, 3.8) is 0 Å². The molecule has 0 radical (unpaired) electrons. The number of hydrogen-bond donors (Lipinski definition) is 1. The molecule has 0 aliphatic carbocycles. The minimum Gasteiger partial charge on any atom is -0.376 e. The van der Waals surface area contributed by atoms with E-state index in [4.69, 9.17) is 16.3 Å². The van der Waals surface area contributed by atoms with Crippen molar-refractivity contribution in [3.8, 4) is 0 Å². The van der Waals surface area contributed by atoms with Gasteiger partial charge in [-0.2, -0.15) is 0 Å². The Labute approximate surface area is 122 Å². The van der Waals surface area contributed by atoms with Crippen LogP contribution in [0.5, 0.6) is 0 Å². The molecule has 0 saturated carbocycles. The van der Waals surface area contributed by atoms with Gasteiger partial charge >= 0.3 is 0 Å². The number of halogens is 1. The van der Waals surface area contributed by atoms with E-state index in [0.717, 1.165) is 23.7 Å². The lowest BCUT2D eigenvalue weighted by molar-refractivity contribution is 0.00318. The second-order valence-corrected chi connectivity index (χ2v) is 5.62. The topological polar surface area (TPSA) is 21.3 Å². The molecule has 19 heavy (non-hydrogen) atoms. The maximum absolute atomic E-state index is 6.25. The number of aryl methyl sites for hydroxylation is 1. The van der Waals surface area contributed by atoms with Crippen LogP contribution in [0.25, 0.3) is 0 Å². The molecule has 2 atom stereocenters. The van der Waals surface area contributed by atoms with Gasteiger partial charge in [-0.05, 0) is 43.5 Å². The van der Waals surface area contributed by atoms with Gasteiger partial charge in [-0.15, -0.1) is 0 Å². The van der Waals surface area contributed by atoms with E-state index >= 15 is 0 Å². The fraction of sp³-hybridized carbons (Fsp3) is 0.625. The molecule has 0 aliphatic rings. The summed E-state index contributed by atoms with van der Waals surface area (Å²) in [6, 6.07) is 6.45. The molecule has 1 rings (SSSR count). The van der Waals surface area contributed by atoms with Gasteiger partial charge in [-0.3, -0.25) is 0 Å². The molecular weight excluding hydrogens is 258 g/mol. The van der Waals surface area contributed by atoms with Crippen LogP contribution >= 0.6 is 11.6 Å². The Hall–Kier alpha value is -0.570. The molecular formula is C16H26ClNO. The van der Waals surface area contributed by atoms with Crippen LogP contribution in [0.15, 0.2) is 18.2 Å². The first-order valence-electron chi connectivity index (χ1n) is 7.12. The minimum absolute atomic E-state index is 0.156. The summed E-state index contributed by atoms with van der Waals surface area (Å²) >= 11 is 6.25. The molecule has 0 aliphatic heterocycles. The molecule has 0 fully saturated rings. The minimum atomic E-state index is 0.156. The lowest BCUT2D eigenvalue weighted by Gasteiger charge is -2.31. The number of nitrogens with one attached hydrogen (secondary N) is 1. The fourth-order valence-electron chi connectivity index (χ4n) is 2.31. The van der Waals surface area contributed by atoms with E-state index in [1.165, 1.54) is 5.56 Å². The summed E-state index contributed by atoms with van der Waals surface area (Å²) < 4.78 is 5.94. The largest absolute Gasteiger partial charge is 0.376 e. The summed E-state index contributed by atoms with van der Waals surface area (Å²) in [5.74, 6) is 0.448. The van der Waals surface area contributed by atoms with Gasteiger partial charge < -0.3 is 10.1 Å². The molecule has 0 spiro atoms. The van der Waals surface area contributed by atoms with E-state index in [9.17, 15) is 0 Å². The van der Waals surface area contributed by atoms with Crippen molar-refractivity contribution in [2.75, 3.05) is 13.2 Å². The molecule has 2 nitrogen and oxygen atoms in total. The number of benzene rings is 1. The molecule has 108 valence electrons. The zero-order chi connectivity index (χ0) is 14.4. The van der Waals surface area contributed by atoms with Gasteiger partial charge in [0.1, 0.15) is 0 Å². The predicted molar refractivity (Wildman–Crippen MR) is 82.9 cm³/mol. The van der Waals surface area contributed by atoms with Crippen molar-refractivity contribution in [3.05, 3.63) is 34.3 Å². The number of rotatable bonds is 7. The van der Waals surface area contributed by atoms with E-state index < -0.39 is 0 Å². The third-order valence-corrected chi connectivity index (χ3v) is 3.73. The van der Waals surface area contributed by atoms with Crippen LogP contribution in [0.2, 0.25) is 5.02 Å². The summed E-state index contributed by atoms with van der Waals surface area (Å²) in [6.07, 6.45) is 0.156. The highest BCUT2D eigenvalue weighted by Crippen LogP contribution is 2.28. The monoisotopic (exact) mass is 283 g/mol. The molecule has 1 aromatic carbocycles. The summed E-state index contributed by atoms with van der Waals surface area (Å²) in [5.41, 5.74) is 2.31. The van der Waals surface area contributed by atoms with Crippen LogP contribution in [0.3, 0.4) is 0 Å². The van der Waals surface area contributed by atoms with E-state index in [1.807, 2.05) is 13.8 Å². The lowest BCUT2D eigenvalue weighted by atomic mass is 9.93. The molecule has 0 saturated heterocycles. The smallest absolute Gasteiger partial charge is 0.0792 e. The number of likely N-dealkylation sites (N-methyl/N-ethyl adjacent to an activating group) is 1. The van der Waals surface area contributed by atoms with Gasteiger partial charge in [0.2, 0.25) is 0 Å². The van der Waals surface area contributed by atoms with E-state index in [-0.39, 0.29) is 12.1 Å². The summed E-state index contributed by atoms with van der Waals surface area (Å²) in [5, 5.41) is 4.35. The van der Waals surface area contributed by atoms with Crippen LogP contribution in [-0.2, 0) is 4.74 Å². The van der Waals surface area contributed by atoms with Crippen molar-refractivity contribution in [1.29, 1.82) is 0 Å². The number of ether oxygens (including phenoxy) is 1. The van der Waals surface area contributed by atoms with Gasteiger partial charge in [0.25, 0.3) is 0 Å². The Morgan fingerprint density at radius 1 is 1.26 bits per heavy atom. The Morgan fingerprint density at radius 3 is 2.42 bits per heavy atom. The van der Waals surface area contributed by atoms with Crippen molar-refractivity contribution < 1.29 is 4.74 Å². The maximum Gasteiger partial charge on any atom is 0.0792 e. The first-order valence-corrected chi connectivity index (χ1v) is 7.50. The van der Waals surface area contributed by atoms with Crippen LogP contribution in [-0.4, -0.2) is 19.3 Å². The highest BCUT2D eigenvalue weighted by molar-refractivity contribution is 6.31. The molecule has 3 heteroatoms. The average molecular weight is 284 g/mol. The lowest BCUT2D eigenvalue weighted by Crippen LogP contribution is -2.37. The summed E-state index contributed by atoms with van der Waals surface area (Å²) in [6.45, 7) is 12.2. The van der Waals surface area contributed by atoms with Gasteiger partial charge in [0.05, 0.1) is 12.1 Å². The summed E-state index contributed by atoms with van der Waals surface area (Å²) in [4.78, 5) is 0. The third kappa shape index (κ3) is 4.48. The Bertz CT molecular complexity index is 392. The van der Waals surface area contributed by atoms with Crippen molar-refractivity contribution in [2.24, 2.45) is 5.92 Å². The second kappa shape index (κ2) is 7.88. The van der Waals surface area contributed by atoms with E-state index in [1.54, 1.807) is 0 Å². The van der Waals surface area contributed by atoms with E-state index in [2.05, 4.69) is 44.3 Å². The molecule has 0 bridgehead atoms. The second-order valence-electron chi connectivity index (χ2n) is 5.21. The van der Waals surface area contributed by atoms with Crippen LogP contribution in [0, 0.1) is 12.8 Å². The van der Waals surface area contributed by atoms with Gasteiger partial charge in [0, 0.05) is 11.6 Å².